The van der Waals surface area contributed by atoms with E-state index in [1.807, 2.05) is 68.4 Å². The van der Waals surface area contributed by atoms with Gasteiger partial charge >= 0.3 is 0 Å². The highest BCUT2D eigenvalue weighted by Gasteiger charge is 2.25. The summed E-state index contributed by atoms with van der Waals surface area (Å²) in [7, 11) is -2.05. The maximum absolute atomic E-state index is 13.3. The van der Waals surface area contributed by atoms with Crippen LogP contribution < -0.4 is 4.31 Å². The first kappa shape index (κ1) is 27.0. The summed E-state index contributed by atoms with van der Waals surface area (Å²) in [5.74, 6) is 0.463. The van der Waals surface area contributed by atoms with Crippen LogP contribution in [0.3, 0.4) is 0 Å². The zero-order chi connectivity index (χ0) is 28.9. The number of furan rings is 1. The molecule has 0 fully saturated rings. The summed E-state index contributed by atoms with van der Waals surface area (Å²) in [6.45, 7) is 3.84. The van der Waals surface area contributed by atoms with Crippen molar-refractivity contribution in [1.82, 2.24) is 0 Å². The Kier molecular flexibility index (Phi) is 6.80. The van der Waals surface area contributed by atoms with Gasteiger partial charge in [-0.1, -0.05) is 73.2 Å². The second-order valence-corrected chi connectivity index (χ2v) is 13.4. The van der Waals surface area contributed by atoms with Gasteiger partial charge in [-0.15, -0.1) is 11.3 Å². The zero-order valence-electron chi connectivity index (χ0n) is 23.3. The smallest absolute Gasteiger partial charge is 0.232 e. The first-order chi connectivity index (χ1) is 19.6. The zero-order valence-corrected chi connectivity index (χ0v) is 24.9. The van der Waals surface area contributed by atoms with Crippen LogP contribution in [0, 0.1) is 6.92 Å². The summed E-state index contributed by atoms with van der Waals surface area (Å²) in [4.78, 5) is 14.5. The molecule has 0 bridgehead atoms. The third-order valence-electron chi connectivity index (χ3n) is 7.44. The minimum Gasteiger partial charge on any atom is -0.455 e. The topological polar surface area (TPSA) is 67.6 Å². The molecule has 0 atom stereocenters. The van der Waals surface area contributed by atoms with Crippen molar-refractivity contribution in [3.63, 3.8) is 0 Å². The third kappa shape index (κ3) is 4.96. The van der Waals surface area contributed by atoms with Crippen LogP contribution in [0.4, 0.5) is 5.69 Å². The Bertz CT molecular complexity index is 2020. The van der Waals surface area contributed by atoms with Gasteiger partial charge in [-0.2, -0.15) is 0 Å². The summed E-state index contributed by atoms with van der Waals surface area (Å²) in [5.41, 5.74) is 5.95. The summed E-state index contributed by atoms with van der Waals surface area (Å²) in [5, 5.41) is 1.85. The van der Waals surface area contributed by atoms with E-state index < -0.39 is 10.0 Å². The summed E-state index contributed by atoms with van der Waals surface area (Å²) in [6, 6.07) is 30.0. The average molecular weight is 580 g/mol. The molecule has 0 aliphatic heterocycles. The summed E-state index contributed by atoms with van der Waals surface area (Å²) < 4.78 is 34.3. The number of carbonyl (C=O) groups is 1. The van der Waals surface area contributed by atoms with Gasteiger partial charge in [0.05, 0.1) is 17.5 Å². The van der Waals surface area contributed by atoms with Crippen LogP contribution in [0.1, 0.15) is 29.3 Å². The number of aryl methyl sites for hydroxylation is 1. The van der Waals surface area contributed by atoms with Crippen LogP contribution in [0.5, 0.6) is 0 Å². The van der Waals surface area contributed by atoms with E-state index in [0.717, 1.165) is 27.1 Å². The lowest BCUT2D eigenvalue weighted by Crippen LogP contribution is -2.25. The van der Waals surface area contributed by atoms with Crippen LogP contribution in [0.15, 0.2) is 95.4 Å². The number of anilines is 1. The molecule has 0 radical (unpaired) electrons. The molecule has 41 heavy (non-hydrogen) atoms. The molecule has 0 aliphatic rings. The van der Waals surface area contributed by atoms with Gasteiger partial charge in [0.25, 0.3) is 0 Å². The molecule has 0 N–H and O–H groups in total. The van der Waals surface area contributed by atoms with E-state index in [9.17, 15) is 13.2 Å². The molecule has 0 aliphatic carbocycles. The fraction of sp³-hybridized carbons (Fsp3) is 0.147. The third-order valence-corrected chi connectivity index (χ3v) is 9.80. The lowest BCUT2D eigenvalue weighted by atomic mass is 9.95. The number of sulfonamides is 1. The average Bonchev–Trinajstić information content (AvgIpc) is 3.57. The van der Waals surface area contributed by atoms with Crippen LogP contribution in [0.25, 0.3) is 53.9 Å². The van der Waals surface area contributed by atoms with E-state index in [0.29, 0.717) is 40.0 Å². The lowest BCUT2D eigenvalue weighted by molar-refractivity contribution is 0.0989. The second-order valence-electron chi connectivity index (χ2n) is 10.3. The summed E-state index contributed by atoms with van der Waals surface area (Å²) >= 11 is 1.72. The fourth-order valence-electron chi connectivity index (χ4n) is 5.13. The van der Waals surface area contributed by atoms with E-state index in [2.05, 4.69) is 30.3 Å². The Morgan fingerprint density at radius 1 is 0.878 bits per heavy atom. The predicted octanol–water partition coefficient (Wildman–Crippen LogP) is 8.95. The highest BCUT2D eigenvalue weighted by atomic mass is 32.2. The molecule has 0 unspecified atom stereocenters. The van der Waals surface area contributed by atoms with Crippen molar-refractivity contribution in [3.05, 3.63) is 102 Å². The van der Waals surface area contributed by atoms with Gasteiger partial charge in [0, 0.05) is 45.6 Å². The second kappa shape index (κ2) is 10.3. The molecule has 4 aromatic carbocycles. The Balaban J connectivity index is 1.61. The Labute approximate surface area is 243 Å². The molecular weight excluding hydrogens is 551 g/mol. The molecule has 7 heteroatoms. The number of hydrogen-bond donors (Lipinski definition) is 0. The summed E-state index contributed by atoms with van der Waals surface area (Å²) in [6.07, 6.45) is 1.50. The Morgan fingerprint density at radius 2 is 1.61 bits per heavy atom. The maximum atomic E-state index is 13.3. The molecule has 6 aromatic rings. The number of carbonyl (C=O) groups excluding carboxylic acids is 1. The van der Waals surface area contributed by atoms with Crippen LogP contribution >= 0.6 is 11.3 Å². The van der Waals surface area contributed by atoms with E-state index in [-0.39, 0.29) is 5.78 Å². The Morgan fingerprint density at radius 3 is 2.32 bits per heavy atom. The monoisotopic (exact) mass is 579 g/mol. The van der Waals surface area contributed by atoms with Gasteiger partial charge in [0.1, 0.15) is 11.3 Å². The number of Topliss-reactive ketones (excluding diaryl/α,β-unsaturated/α-hetero) is 1. The van der Waals surface area contributed by atoms with E-state index in [1.165, 1.54) is 27.7 Å². The maximum Gasteiger partial charge on any atom is 0.232 e. The van der Waals surface area contributed by atoms with Gasteiger partial charge in [0.15, 0.2) is 5.78 Å². The van der Waals surface area contributed by atoms with Crippen molar-refractivity contribution in [1.29, 1.82) is 0 Å². The van der Waals surface area contributed by atoms with Crippen molar-refractivity contribution in [2.24, 2.45) is 0 Å². The first-order valence-corrected chi connectivity index (χ1v) is 16.0. The fourth-order valence-corrected chi connectivity index (χ4v) is 6.70. The van der Waals surface area contributed by atoms with Gasteiger partial charge in [-0.05, 0) is 47.7 Å². The van der Waals surface area contributed by atoms with Crippen molar-refractivity contribution < 1.29 is 17.6 Å². The number of fused-ring (bicyclic) bond motifs is 2. The van der Waals surface area contributed by atoms with Crippen molar-refractivity contribution >= 4 is 53.9 Å². The molecule has 6 rings (SSSR count). The number of rotatable bonds is 7. The molecular formula is C34H29NO4S2. The van der Waals surface area contributed by atoms with E-state index in [4.69, 9.17) is 4.42 Å². The molecule has 2 heterocycles. The SMILES string of the molecule is CCC(=O)c1c(-c2ccc(C)cc2)oc2cc(N(C)S(C)(=O)=O)c(-c3cccc(-c4cc5ccccc5s4)c3)cc12. The molecule has 206 valence electrons. The largest absolute Gasteiger partial charge is 0.455 e. The highest BCUT2D eigenvalue weighted by Crippen LogP contribution is 2.43. The molecule has 2 aromatic heterocycles. The number of benzene rings is 4. The van der Waals surface area contributed by atoms with Crippen molar-refractivity contribution in [2.45, 2.75) is 20.3 Å². The van der Waals surface area contributed by atoms with Crippen molar-refractivity contribution in [2.75, 3.05) is 17.6 Å². The van der Waals surface area contributed by atoms with E-state index >= 15 is 0 Å². The highest BCUT2D eigenvalue weighted by molar-refractivity contribution is 7.92. The van der Waals surface area contributed by atoms with Gasteiger partial charge in [-0.25, -0.2) is 8.42 Å². The van der Waals surface area contributed by atoms with Crippen LogP contribution in [-0.4, -0.2) is 27.5 Å². The molecule has 0 amide bonds. The molecule has 0 spiro atoms. The Hall–Kier alpha value is -4.20. The van der Waals surface area contributed by atoms with Gasteiger partial charge in [-0.3, -0.25) is 9.10 Å². The number of thiophene rings is 1. The van der Waals surface area contributed by atoms with Crippen LogP contribution in [0.2, 0.25) is 0 Å². The van der Waals surface area contributed by atoms with Gasteiger partial charge < -0.3 is 4.42 Å². The van der Waals surface area contributed by atoms with Gasteiger partial charge in [0.2, 0.25) is 10.0 Å². The lowest BCUT2D eigenvalue weighted by Gasteiger charge is -2.21. The first-order valence-electron chi connectivity index (χ1n) is 13.4. The van der Waals surface area contributed by atoms with Crippen LogP contribution in [-0.2, 0) is 10.0 Å². The predicted molar refractivity (Wildman–Crippen MR) is 171 cm³/mol. The normalized spacial score (nSPS) is 11.8. The molecule has 0 saturated heterocycles. The number of hydrogen-bond acceptors (Lipinski definition) is 5. The van der Waals surface area contributed by atoms with E-state index in [1.54, 1.807) is 17.4 Å². The molecule has 0 saturated carbocycles. The number of ketones is 1. The molecule has 5 nitrogen and oxygen atoms in total. The standard InChI is InChI=1S/C34H29NO4S2/c1-5-29(36)33-27-19-26(23-10-8-11-24(17-23)32-18-25-9-6-7-12-31(25)40-32)28(35(3)41(4,37)38)20-30(27)39-34(33)22-15-13-21(2)14-16-22/h6-20H,5H2,1-4H3. The number of nitrogens with zero attached hydrogens (tertiary/aromatic N) is 1. The quantitative estimate of drug-likeness (QED) is 0.177. The minimum atomic E-state index is -3.59. The minimum absolute atomic E-state index is 0.0338. The van der Waals surface area contributed by atoms with Crippen molar-refractivity contribution in [3.8, 4) is 32.9 Å².